The molecule has 0 aliphatic carbocycles. The van der Waals surface area contributed by atoms with Gasteiger partial charge in [0.1, 0.15) is 0 Å². The zero-order chi connectivity index (χ0) is 11.5. The van der Waals surface area contributed by atoms with Crippen molar-refractivity contribution in [3.8, 4) is 0 Å². The van der Waals surface area contributed by atoms with Crippen molar-refractivity contribution in [2.45, 2.75) is 19.6 Å². The summed E-state index contributed by atoms with van der Waals surface area (Å²) < 4.78 is 5.53. The molecule has 1 aromatic rings. The van der Waals surface area contributed by atoms with Crippen molar-refractivity contribution in [3.05, 3.63) is 28.8 Å². The lowest BCUT2D eigenvalue weighted by molar-refractivity contribution is 0.0532. The zero-order valence-electron chi connectivity index (χ0n) is 9.45. The van der Waals surface area contributed by atoms with E-state index in [9.17, 15) is 0 Å². The van der Waals surface area contributed by atoms with Gasteiger partial charge in [0, 0.05) is 30.3 Å². The van der Waals surface area contributed by atoms with Crippen molar-refractivity contribution < 1.29 is 4.74 Å². The molecule has 0 aromatic heterocycles. The molecule has 88 valence electrons. The van der Waals surface area contributed by atoms with Gasteiger partial charge in [-0.15, -0.1) is 0 Å². The Kier molecular flexibility index (Phi) is 3.69. The Hall–Kier alpha value is -0.770. The Balaban J connectivity index is 2.24. The van der Waals surface area contributed by atoms with Gasteiger partial charge in [0.25, 0.3) is 0 Å². The maximum absolute atomic E-state index is 5.96. The molecule has 1 atom stereocenters. The van der Waals surface area contributed by atoms with Crippen LogP contribution in [0.2, 0.25) is 5.02 Å². The maximum atomic E-state index is 5.96. The van der Waals surface area contributed by atoms with Crippen molar-refractivity contribution in [2.24, 2.45) is 5.73 Å². The summed E-state index contributed by atoms with van der Waals surface area (Å²) in [6.45, 7) is 5.20. The second-order valence-corrected chi connectivity index (χ2v) is 4.54. The number of rotatable bonds is 2. The molecule has 4 heteroatoms. The molecule has 0 amide bonds. The van der Waals surface area contributed by atoms with Crippen LogP contribution in [0.5, 0.6) is 0 Å². The average Bonchev–Trinajstić information content (AvgIpc) is 2.28. The van der Waals surface area contributed by atoms with Gasteiger partial charge in [-0.2, -0.15) is 0 Å². The molecule has 0 bridgehead atoms. The number of hydrogen-bond acceptors (Lipinski definition) is 3. The first-order valence-corrected chi connectivity index (χ1v) is 5.93. The van der Waals surface area contributed by atoms with Gasteiger partial charge >= 0.3 is 0 Å². The zero-order valence-corrected chi connectivity index (χ0v) is 10.2. The van der Waals surface area contributed by atoms with Gasteiger partial charge in [-0.25, -0.2) is 0 Å². The predicted octanol–water partition coefficient (Wildman–Crippen LogP) is 2.02. The minimum atomic E-state index is 0.273. The summed E-state index contributed by atoms with van der Waals surface area (Å²) in [4.78, 5) is 2.31. The first kappa shape index (κ1) is 11.7. The van der Waals surface area contributed by atoms with Gasteiger partial charge in [-0.05, 0) is 30.7 Å². The SMILES string of the molecule is CC1CN(c2ccc(Cl)cc2CN)CCO1. The highest BCUT2D eigenvalue weighted by atomic mass is 35.5. The van der Waals surface area contributed by atoms with E-state index in [0.717, 1.165) is 30.3 Å². The van der Waals surface area contributed by atoms with E-state index >= 15 is 0 Å². The van der Waals surface area contributed by atoms with Crippen molar-refractivity contribution in [2.75, 3.05) is 24.6 Å². The predicted molar refractivity (Wildman–Crippen MR) is 67.0 cm³/mol. The Morgan fingerprint density at radius 1 is 1.56 bits per heavy atom. The van der Waals surface area contributed by atoms with Crippen LogP contribution in [-0.4, -0.2) is 25.8 Å². The normalized spacial score (nSPS) is 21.2. The Labute approximate surface area is 101 Å². The molecule has 1 aromatic carbocycles. The van der Waals surface area contributed by atoms with Crippen LogP contribution in [0.25, 0.3) is 0 Å². The third-order valence-corrected chi connectivity index (χ3v) is 3.08. The molecule has 0 spiro atoms. The smallest absolute Gasteiger partial charge is 0.0722 e. The average molecular weight is 241 g/mol. The third-order valence-electron chi connectivity index (χ3n) is 2.84. The number of halogens is 1. The van der Waals surface area contributed by atoms with Crippen LogP contribution >= 0.6 is 11.6 Å². The number of nitrogens with two attached hydrogens (primary N) is 1. The Morgan fingerprint density at radius 2 is 2.38 bits per heavy atom. The van der Waals surface area contributed by atoms with E-state index in [1.54, 1.807) is 0 Å². The molecule has 1 fully saturated rings. The van der Waals surface area contributed by atoms with Crippen LogP contribution in [0, 0.1) is 0 Å². The van der Waals surface area contributed by atoms with E-state index in [0.29, 0.717) is 6.54 Å². The van der Waals surface area contributed by atoms with E-state index in [1.807, 2.05) is 18.2 Å². The van der Waals surface area contributed by atoms with Crippen molar-refractivity contribution in [1.29, 1.82) is 0 Å². The number of nitrogens with zero attached hydrogens (tertiary/aromatic N) is 1. The van der Waals surface area contributed by atoms with Gasteiger partial charge in [0.05, 0.1) is 12.7 Å². The fourth-order valence-electron chi connectivity index (χ4n) is 2.06. The highest BCUT2D eigenvalue weighted by molar-refractivity contribution is 6.30. The van der Waals surface area contributed by atoms with E-state index in [4.69, 9.17) is 22.1 Å². The van der Waals surface area contributed by atoms with Gasteiger partial charge in [-0.1, -0.05) is 11.6 Å². The highest BCUT2D eigenvalue weighted by Gasteiger charge is 2.18. The first-order chi connectivity index (χ1) is 7.70. The second kappa shape index (κ2) is 5.04. The number of benzene rings is 1. The molecule has 1 saturated heterocycles. The maximum Gasteiger partial charge on any atom is 0.0722 e. The van der Waals surface area contributed by atoms with E-state index in [-0.39, 0.29) is 6.10 Å². The molecule has 2 N–H and O–H groups in total. The third kappa shape index (κ3) is 2.48. The molecule has 1 heterocycles. The van der Waals surface area contributed by atoms with E-state index in [1.165, 1.54) is 5.69 Å². The Morgan fingerprint density at radius 3 is 3.06 bits per heavy atom. The summed E-state index contributed by atoms with van der Waals surface area (Å²) in [5.41, 5.74) is 8.03. The summed E-state index contributed by atoms with van der Waals surface area (Å²) >= 11 is 5.96. The number of ether oxygens (including phenoxy) is 1. The lowest BCUT2D eigenvalue weighted by Gasteiger charge is -2.34. The van der Waals surface area contributed by atoms with Gasteiger partial charge in [-0.3, -0.25) is 0 Å². The number of hydrogen-bond donors (Lipinski definition) is 1. The molecule has 1 aliphatic heterocycles. The van der Waals surface area contributed by atoms with Gasteiger partial charge in [0.2, 0.25) is 0 Å². The molecular weight excluding hydrogens is 224 g/mol. The minimum absolute atomic E-state index is 0.273. The molecule has 0 radical (unpaired) electrons. The Bertz CT molecular complexity index is 370. The van der Waals surface area contributed by atoms with E-state index in [2.05, 4.69) is 11.8 Å². The number of morpholine rings is 1. The summed E-state index contributed by atoms with van der Waals surface area (Å²) in [6, 6.07) is 5.90. The van der Waals surface area contributed by atoms with Crippen molar-refractivity contribution in [3.63, 3.8) is 0 Å². The van der Waals surface area contributed by atoms with Crippen LogP contribution in [0.1, 0.15) is 12.5 Å². The summed E-state index contributed by atoms with van der Waals surface area (Å²) in [5, 5.41) is 0.741. The standard InChI is InChI=1S/C12H17ClN2O/c1-9-8-15(4-5-16-9)12-3-2-11(13)6-10(12)7-14/h2-3,6,9H,4-5,7-8,14H2,1H3. The van der Waals surface area contributed by atoms with Crippen LogP contribution in [0.15, 0.2) is 18.2 Å². The molecule has 2 rings (SSSR count). The molecule has 0 saturated carbocycles. The number of anilines is 1. The van der Waals surface area contributed by atoms with Gasteiger partial charge < -0.3 is 15.4 Å². The second-order valence-electron chi connectivity index (χ2n) is 4.10. The lowest BCUT2D eigenvalue weighted by atomic mass is 10.1. The van der Waals surface area contributed by atoms with Crippen LogP contribution < -0.4 is 10.6 Å². The molecule has 1 unspecified atom stereocenters. The summed E-state index contributed by atoms with van der Waals surface area (Å²) in [5.74, 6) is 0. The quantitative estimate of drug-likeness (QED) is 0.860. The molecular formula is C12H17ClN2O. The van der Waals surface area contributed by atoms with Crippen LogP contribution in [0.4, 0.5) is 5.69 Å². The van der Waals surface area contributed by atoms with Crippen molar-refractivity contribution in [1.82, 2.24) is 0 Å². The summed E-state index contributed by atoms with van der Waals surface area (Å²) in [6.07, 6.45) is 0.273. The van der Waals surface area contributed by atoms with Crippen molar-refractivity contribution >= 4 is 17.3 Å². The fraction of sp³-hybridized carbons (Fsp3) is 0.500. The molecule has 3 nitrogen and oxygen atoms in total. The minimum Gasteiger partial charge on any atom is -0.375 e. The molecule has 1 aliphatic rings. The van der Waals surface area contributed by atoms with Gasteiger partial charge in [0.15, 0.2) is 0 Å². The van der Waals surface area contributed by atoms with Crippen LogP contribution in [-0.2, 0) is 11.3 Å². The highest BCUT2D eigenvalue weighted by Crippen LogP contribution is 2.25. The molecule has 16 heavy (non-hydrogen) atoms. The monoisotopic (exact) mass is 240 g/mol. The summed E-state index contributed by atoms with van der Waals surface area (Å²) in [7, 11) is 0. The lowest BCUT2D eigenvalue weighted by Crippen LogP contribution is -2.41. The largest absolute Gasteiger partial charge is 0.375 e. The fourth-order valence-corrected chi connectivity index (χ4v) is 2.26. The topological polar surface area (TPSA) is 38.5 Å². The first-order valence-electron chi connectivity index (χ1n) is 5.55. The van der Waals surface area contributed by atoms with Crippen LogP contribution in [0.3, 0.4) is 0 Å². The van der Waals surface area contributed by atoms with E-state index < -0.39 is 0 Å².